The monoisotopic (exact) mass is 355 g/mol. The molecule has 26 heavy (non-hydrogen) atoms. The molecule has 5 heteroatoms. The van der Waals surface area contributed by atoms with Gasteiger partial charge in [-0.2, -0.15) is 0 Å². The first kappa shape index (κ1) is 18.1. The van der Waals surface area contributed by atoms with Crippen molar-refractivity contribution in [3.8, 4) is 17.2 Å². The third-order valence-electron chi connectivity index (χ3n) is 4.87. The summed E-state index contributed by atoms with van der Waals surface area (Å²) >= 11 is 0. The second-order valence-corrected chi connectivity index (χ2v) is 6.42. The van der Waals surface area contributed by atoms with Gasteiger partial charge in [-0.3, -0.25) is 4.79 Å². The van der Waals surface area contributed by atoms with Crippen molar-refractivity contribution < 1.29 is 19.0 Å². The van der Waals surface area contributed by atoms with Crippen molar-refractivity contribution in [2.45, 2.75) is 25.3 Å². The number of hydrogen-bond donors (Lipinski definition) is 0. The Morgan fingerprint density at radius 3 is 2.58 bits per heavy atom. The van der Waals surface area contributed by atoms with Crippen LogP contribution in [0.5, 0.6) is 17.2 Å². The number of carbonyl (C=O) groups excluding carboxylic acids is 1. The quantitative estimate of drug-likeness (QED) is 0.795. The van der Waals surface area contributed by atoms with Crippen molar-refractivity contribution in [1.29, 1.82) is 0 Å². The molecule has 1 aliphatic heterocycles. The summed E-state index contributed by atoms with van der Waals surface area (Å²) in [6.07, 6.45) is 2.86. The zero-order valence-electron chi connectivity index (χ0n) is 15.5. The van der Waals surface area contributed by atoms with Gasteiger partial charge in [0, 0.05) is 18.2 Å². The fourth-order valence-electron chi connectivity index (χ4n) is 3.52. The normalized spacial score (nSPS) is 16.4. The molecule has 1 heterocycles. The molecule has 2 aromatic carbocycles. The van der Waals surface area contributed by atoms with Gasteiger partial charge in [0.1, 0.15) is 5.75 Å². The third kappa shape index (κ3) is 3.77. The lowest BCUT2D eigenvalue weighted by atomic mass is 10.0. The Bertz CT molecular complexity index is 774. The van der Waals surface area contributed by atoms with Crippen LogP contribution in [0.2, 0.25) is 0 Å². The number of rotatable bonds is 6. The van der Waals surface area contributed by atoms with Gasteiger partial charge in [-0.05, 0) is 55.2 Å². The van der Waals surface area contributed by atoms with Crippen molar-refractivity contribution in [2.75, 3.05) is 27.9 Å². The molecular formula is C21H25NO4. The van der Waals surface area contributed by atoms with Crippen molar-refractivity contribution >= 4 is 5.91 Å². The summed E-state index contributed by atoms with van der Waals surface area (Å²) in [6, 6.07) is 13.6. The van der Waals surface area contributed by atoms with Gasteiger partial charge < -0.3 is 19.1 Å². The van der Waals surface area contributed by atoms with E-state index < -0.39 is 0 Å². The van der Waals surface area contributed by atoms with E-state index in [2.05, 4.69) is 6.07 Å². The van der Waals surface area contributed by atoms with Gasteiger partial charge in [-0.25, -0.2) is 0 Å². The van der Waals surface area contributed by atoms with Crippen molar-refractivity contribution in [3.63, 3.8) is 0 Å². The highest BCUT2D eigenvalue weighted by atomic mass is 16.5. The smallest absolute Gasteiger partial charge is 0.254 e. The number of carbonyl (C=O) groups is 1. The van der Waals surface area contributed by atoms with E-state index in [1.165, 1.54) is 5.56 Å². The Labute approximate surface area is 154 Å². The zero-order chi connectivity index (χ0) is 18.5. The fraction of sp³-hybridized carbons (Fsp3) is 0.381. The van der Waals surface area contributed by atoms with Gasteiger partial charge in [0.2, 0.25) is 0 Å². The van der Waals surface area contributed by atoms with E-state index in [1.807, 2.05) is 23.1 Å². The molecule has 1 atom stereocenters. The molecule has 0 saturated carbocycles. The molecule has 138 valence electrons. The second kappa shape index (κ2) is 8.13. The van der Waals surface area contributed by atoms with Crippen LogP contribution in [0, 0.1) is 0 Å². The molecule has 2 aromatic rings. The van der Waals surface area contributed by atoms with Crippen LogP contribution < -0.4 is 14.2 Å². The maximum Gasteiger partial charge on any atom is 0.254 e. The molecular weight excluding hydrogens is 330 g/mol. The summed E-state index contributed by atoms with van der Waals surface area (Å²) in [6.45, 7) is 0.780. The highest BCUT2D eigenvalue weighted by Crippen LogP contribution is 2.30. The minimum Gasteiger partial charge on any atom is -0.497 e. The minimum absolute atomic E-state index is 0.0383. The molecule has 0 aromatic heterocycles. The van der Waals surface area contributed by atoms with E-state index in [0.717, 1.165) is 31.6 Å². The molecule has 3 rings (SSSR count). The standard InChI is InChI=1S/C21H25NO4/c1-24-18-8-4-6-15(13-18)12-17-7-5-11-22(17)21(23)16-9-10-19(25-2)20(14-16)26-3/h4,6,8-10,13-14,17H,5,7,11-12H2,1-3H3. The first-order chi connectivity index (χ1) is 12.7. The first-order valence-electron chi connectivity index (χ1n) is 8.82. The van der Waals surface area contributed by atoms with E-state index in [4.69, 9.17) is 14.2 Å². The zero-order valence-corrected chi connectivity index (χ0v) is 15.5. The van der Waals surface area contributed by atoms with E-state index in [0.29, 0.717) is 17.1 Å². The SMILES string of the molecule is COc1cccc(CC2CCCN2C(=O)c2ccc(OC)c(OC)c2)c1. The third-order valence-corrected chi connectivity index (χ3v) is 4.87. The second-order valence-electron chi connectivity index (χ2n) is 6.42. The predicted molar refractivity (Wildman–Crippen MR) is 100 cm³/mol. The van der Waals surface area contributed by atoms with Crippen molar-refractivity contribution in [1.82, 2.24) is 4.90 Å². The number of benzene rings is 2. The number of likely N-dealkylation sites (tertiary alicyclic amines) is 1. The van der Waals surface area contributed by atoms with Gasteiger partial charge >= 0.3 is 0 Å². The van der Waals surface area contributed by atoms with E-state index in [9.17, 15) is 4.79 Å². The van der Waals surface area contributed by atoms with Gasteiger partial charge in [0.15, 0.2) is 11.5 Å². The summed E-state index contributed by atoms with van der Waals surface area (Å²) in [7, 11) is 4.83. The van der Waals surface area contributed by atoms with Crippen LogP contribution in [-0.2, 0) is 6.42 Å². The van der Waals surface area contributed by atoms with E-state index in [1.54, 1.807) is 39.5 Å². The number of hydrogen-bond acceptors (Lipinski definition) is 4. The number of ether oxygens (including phenoxy) is 3. The molecule has 0 N–H and O–H groups in total. The molecule has 1 amide bonds. The minimum atomic E-state index is 0.0383. The number of amides is 1. The lowest BCUT2D eigenvalue weighted by Crippen LogP contribution is -2.36. The molecule has 1 fully saturated rings. The summed E-state index contributed by atoms with van der Waals surface area (Å²) < 4.78 is 15.9. The van der Waals surface area contributed by atoms with Crippen LogP contribution in [0.15, 0.2) is 42.5 Å². The van der Waals surface area contributed by atoms with Crippen LogP contribution in [0.1, 0.15) is 28.8 Å². The molecule has 1 unspecified atom stereocenters. The van der Waals surface area contributed by atoms with Crippen LogP contribution in [0.25, 0.3) is 0 Å². The highest BCUT2D eigenvalue weighted by Gasteiger charge is 2.30. The van der Waals surface area contributed by atoms with Crippen LogP contribution in [-0.4, -0.2) is 44.7 Å². The van der Waals surface area contributed by atoms with Gasteiger partial charge in [-0.1, -0.05) is 12.1 Å². The van der Waals surface area contributed by atoms with E-state index in [-0.39, 0.29) is 11.9 Å². The van der Waals surface area contributed by atoms with Gasteiger partial charge in [-0.15, -0.1) is 0 Å². The maximum atomic E-state index is 13.0. The average Bonchev–Trinajstić information content (AvgIpc) is 3.14. The molecule has 1 aliphatic rings. The first-order valence-corrected chi connectivity index (χ1v) is 8.82. The van der Waals surface area contributed by atoms with Crippen molar-refractivity contribution in [3.05, 3.63) is 53.6 Å². The summed E-state index contributed by atoms with van der Waals surface area (Å²) in [5.41, 5.74) is 1.81. The Hall–Kier alpha value is -2.69. The summed E-state index contributed by atoms with van der Waals surface area (Å²) in [5, 5.41) is 0. The van der Waals surface area contributed by atoms with Crippen LogP contribution >= 0.6 is 0 Å². The average molecular weight is 355 g/mol. The number of nitrogens with zero attached hydrogens (tertiary/aromatic N) is 1. The Kier molecular flexibility index (Phi) is 5.66. The Balaban J connectivity index is 1.77. The molecule has 0 bridgehead atoms. The van der Waals surface area contributed by atoms with Crippen molar-refractivity contribution in [2.24, 2.45) is 0 Å². The fourth-order valence-corrected chi connectivity index (χ4v) is 3.52. The summed E-state index contributed by atoms with van der Waals surface area (Å²) in [4.78, 5) is 15.0. The molecule has 0 radical (unpaired) electrons. The topological polar surface area (TPSA) is 48.0 Å². The predicted octanol–water partition coefficient (Wildman–Crippen LogP) is 3.56. The van der Waals surface area contributed by atoms with E-state index >= 15 is 0 Å². The Morgan fingerprint density at radius 1 is 1.04 bits per heavy atom. The molecule has 0 spiro atoms. The Morgan fingerprint density at radius 2 is 1.85 bits per heavy atom. The largest absolute Gasteiger partial charge is 0.497 e. The van der Waals surface area contributed by atoms with Crippen LogP contribution in [0.4, 0.5) is 0 Å². The molecule has 5 nitrogen and oxygen atoms in total. The lowest BCUT2D eigenvalue weighted by Gasteiger charge is -2.25. The van der Waals surface area contributed by atoms with Crippen LogP contribution in [0.3, 0.4) is 0 Å². The highest BCUT2D eigenvalue weighted by molar-refractivity contribution is 5.95. The van der Waals surface area contributed by atoms with Gasteiger partial charge in [0.25, 0.3) is 5.91 Å². The number of methoxy groups -OCH3 is 3. The molecule has 0 aliphatic carbocycles. The molecule has 1 saturated heterocycles. The van der Waals surface area contributed by atoms with Gasteiger partial charge in [0.05, 0.1) is 21.3 Å². The lowest BCUT2D eigenvalue weighted by molar-refractivity contribution is 0.0736. The maximum absolute atomic E-state index is 13.0. The summed E-state index contributed by atoms with van der Waals surface area (Å²) in [5.74, 6) is 2.08.